The average Bonchev–Trinajstić information content (AvgIpc) is 3.02. The Balaban J connectivity index is 2.30. The lowest BCUT2D eigenvalue weighted by Crippen LogP contribution is -2.37. The highest BCUT2D eigenvalue weighted by Crippen LogP contribution is 2.28. The van der Waals surface area contributed by atoms with Crippen molar-refractivity contribution in [1.82, 2.24) is 9.80 Å². The Morgan fingerprint density at radius 1 is 1.33 bits per heavy atom. The van der Waals surface area contributed by atoms with E-state index in [9.17, 15) is 18.5 Å². The van der Waals surface area contributed by atoms with Crippen LogP contribution >= 0.6 is 0 Å². The number of anilines is 1. The number of hydrogen-bond acceptors (Lipinski definition) is 6. The summed E-state index contributed by atoms with van der Waals surface area (Å²) in [5, 5.41) is 12.6. The third-order valence-corrected chi connectivity index (χ3v) is 7.06. The van der Waals surface area contributed by atoms with E-state index in [1.165, 1.54) is 6.20 Å². The fourth-order valence-electron chi connectivity index (χ4n) is 3.53. The van der Waals surface area contributed by atoms with Crippen LogP contribution in [0.2, 0.25) is 0 Å². The van der Waals surface area contributed by atoms with Gasteiger partial charge in [0.05, 0.1) is 11.5 Å². The second-order valence-corrected chi connectivity index (χ2v) is 10.6. The molecule has 1 fully saturated rings. The standard InChI is InChI=1S/C22H32N4O3S/c1-16(2)20-8-6-7-17(3)21(20)24-22(27)18(13-23)14-26(11-10-25(4)5)19-9-12-30(28,29)15-19/h6-8,14,16,19H,9-12,15H2,1-5H3,(H,24,27)/b18-14-. The minimum absolute atomic E-state index is 0.0315. The summed E-state index contributed by atoms with van der Waals surface area (Å²) in [7, 11) is 0.776. The third kappa shape index (κ3) is 6.31. The minimum atomic E-state index is -3.08. The van der Waals surface area contributed by atoms with Crippen molar-refractivity contribution in [2.75, 3.05) is 44.0 Å². The smallest absolute Gasteiger partial charge is 0.267 e. The van der Waals surface area contributed by atoms with Gasteiger partial charge in [0.2, 0.25) is 0 Å². The molecule has 1 aromatic rings. The molecule has 1 unspecified atom stereocenters. The van der Waals surface area contributed by atoms with Crippen molar-refractivity contribution in [2.24, 2.45) is 0 Å². The number of rotatable bonds is 8. The third-order valence-electron chi connectivity index (χ3n) is 5.31. The predicted molar refractivity (Wildman–Crippen MR) is 120 cm³/mol. The molecule has 7 nitrogen and oxygen atoms in total. The van der Waals surface area contributed by atoms with Gasteiger partial charge in [-0.05, 0) is 44.5 Å². The van der Waals surface area contributed by atoms with Crippen molar-refractivity contribution in [2.45, 2.75) is 39.2 Å². The molecule has 2 rings (SSSR count). The monoisotopic (exact) mass is 432 g/mol. The van der Waals surface area contributed by atoms with E-state index in [0.717, 1.165) is 16.8 Å². The molecule has 0 bridgehead atoms. The van der Waals surface area contributed by atoms with E-state index in [2.05, 4.69) is 19.2 Å². The van der Waals surface area contributed by atoms with Crippen molar-refractivity contribution in [3.63, 3.8) is 0 Å². The molecule has 164 valence electrons. The molecule has 1 saturated heterocycles. The molecule has 0 spiro atoms. The average molecular weight is 433 g/mol. The number of para-hydroxylation sites is 1. The summed E-state index contributed by atoms with van der Waals surface area (Å²) in [6, 6.07) is 7.61. The highest BCUT2D eigenvalue weighted by atomic mass is 32.2. The molecule has 1 atom stereocenters. The highest BCUT2D eigenvalue weighted by Gasteiger charge is 2.31. The molecule has 1 N–H and O–H groups in total. The molecule has 30 heavy (non-hydrogen) atoms. The number of likely N-dealkylation sites (N-methyl/N-ethyl adjacent to an activating group) is 1. The van der Waals surface area contributed by atoms with E-state index in [-0.39, 0.29) is 29.0 Å². The molecule has 0 saturated carbocycles. The molecular formula is C22H32N4O3S. The van der Waals surface area contributed by atoms with E-state index in [4.69, 9.17) is 0 Å². The highest BCUT2D eigenvalue weighted by molar-refractivity contribution is 7.91. The van der Waals surface area contributed by atoms with Gasteiger partial charge >= 0.3 is 0 Å². The summed E-state index contributed by atoms with van der Waals surface area (Å²) in [5.41, 5.74) is 2.63. The Labute approximate surface area is 180 Å². The van der Waals surface area contributed by atoms with Gasteiger partial charge in [0, 0.05) is 31.0 Å². The van der Waals surface area contributed by atoms with Crippen molar-refractivity contribution in [3.8, 4) is 6.07 Å². The Morgan fingerprint density at radius 2 is 2.03 bits per heavy atom. The van der Waals surface area contributed by atoms with E-state index >= 15 is 0 Å². The van der Waals surface area contributed by atoms with E-state index < -0.39 is 15.7 Å². The number of aryl methyl sites for hydroxylation is 1. The minimum Gasteiger partial charge on any atom is -0.371 e. The van der Waals surface area contributed by atoms with Gasteiger partial charge in [0.15, 0.2) is 9.84 Å². The second kappa shape index (κ2) is 10.1. The van der Waals surface area contributed by atoms with E-state index in [1.807, 2.05) is 55.1 Å². The number of nitriles is 1. The fourth-order valence-corrected chi connectivity index (χ4v) is 5.27. The Hall–Kier alpha value is -2.37. The van der Waals surface area contributed by atoms with Crippen LogP contribution in [0.1, 0.15) is 37.3 Å². The first-order valence-electron chi connectivity index (χ1n) is 10.2. The summed E-state index contributed by atoms with van der Waals surface area (Å²) in [4.78, 5) is 16.8. The fraction of sp³-hybridized carbons (Fsp3) is 0.545. The lowest BCUT2D eigenvalue weighted by atomic mass is 9.98. The van der Waals surface area contributed by atoms with Crippen LogP contribution in [0.25, 0.3) is 0 Å². The number of hydrogen-bond donors (Lipinski definition) is 1. The maximum Gasteiger partial charge on any atom is 0.267 e. The number of carbonyl (C=O) groups is 1. The summed E-state index contributed by atoms with van der Waals surface area (Å²) >= 11 is 0. The van der Waals surface area contributed by atoms with Crippen LogP contribution in [0, 0.1) is 18.3 Å². The zero-order chi connectivity index (χ0) is 22.5. The SMILES string of the molecule is Cc1cccc(C(C)C)c1NC(=O)/C(C#N)=C\N(CCN(C)C)C1CCS(=O)(=O)C1. The molecule has 0 radical (unpaired) electrons. The van der Waals surface area contributed by atoms with Crippen molar-refractivity contribution in [1.29, 1.82) is 5.26 Å². The summed E-state index contributed by atoms with van der Waals surface area (Å²) < 4.78 is 23.9. The maximum absolute atomic E-state index is 12.9. The zero-order valence-corrected chi connectivity index (χ0v) is 19.3. The first kappa shape index (κ1) is 23.9. The Morgan fingerprint density at radius 3 is 2.57 bits per heavy atom. The van der Waals surface area contributed by atoms with Gasteiger partial charge in [-0.2, -0.15) is 5.26 Å². The van der Waals surface area contributed by atoms with Crippen LogP contribution in [-0.2, 0) is 14.6 Å². The van der Waals surface area contributed by atoms with Crippen molar-refractivity contribution >= 4 is 21.4 Å². The van der Waals surface area contributed by atoms with Crippen LogP contribution in [0.3, 0.4) is 0 Å². The first-order chi connectivity index (χ1) is 14.0. The number of nitrogens with zero attached hydrogens (tertiary/aromatic N) is 3. The van der Waals surface area contributed by atoms with Gasteiger partial charge in [-0.15, -0.1) is 0 Å². The van der Waals surface area contributed by atoms with Crippen LogP contribution in [-0.4, -0.2) is 68.9 Å². The molecule has 0 aliphatic carbocycles. The van der Waals surface area contributed by atoms with E-state index in [1.54, 1.807) is 0 Å². The molecule has 0 aromatic heterocycles. The van der Waals surface area contributed by atoms with Gasteiger partial charge in [-0.3, -0.25) is 4.79 Å². The van der Waals surface area contributed by atoms with Crippen molar-refractivity contribution < 1.29 is 13.2 Å². The quantitative estimate of drug-likeness (QED) is 0.501. The van der Waals surface area contributed by atoms with E-state index in [0.29, 0.717) is 19.5 Å². The number of benzene rings is 1. The summed E-state index contributed by atoms with van der Waals surface area (Å²) in [6.07, 6.45) is 2.03. The zero-order valence-electron chi connectivity index (χ0n) is 18.5. The molecule has 1 aliphatic rings. The lowest BCUT2D eigenvalue weighted by molar-refractivity contribution is -0.112. The molecule has 8 heteroatoms. The Kier molecular flexibility index (Phi) is 8.04. The molecular weight excluding hydrogens is 400 g/mol. The summed E-state index contributed by atoms with van der Waals surface area (Å²) in [5.74, 6) is -0.0784. The van der Waals surface area contributed by atoms with Crippen LogP contribution < -0.4 is 5.32 Å². The second-order valence-electron chi connectivity index (χ2n) is 8.40. The van der Waals surface area contributed by atoms with Gasteiger partial charge in [0.1, 0.15) is 11.6 Å². The number of amides is 1. The van der Waals surface area contributed by atoms with Gasteiger partial charge in [-0.1, -0.05) is 32.0 Å². The number of sulfone groups is 1. The summed E-state index contributed by atoms with van der Waals surface area (Å²) in [6.45, 7) is 7.24. The normalized spacial score (nSPS) is 18.5. The molecule has 1 heterocycles. The van der Waals surface area contributed by atoms with Gasteiger partial charge in [0.25, 0.3) is 5.91 Å². The van der Waals surface area contributed by atoms with Crippen LogP contribution in [0.5, 0.6) is 0 Å². The van der Waals surface area contributed by atoms with Gasteiger partial charge < -0.3 is 15.1 Å². The molecule has 1 aromatic carbocycles. The molecule has 1 aliphatic heterocycles. The topological polar surface area (TPSA) is 93.5 Å². The predicted octanol–water partition coefficient (Wildman–Crippen LogP) is 2.52. The van der Waals surface area contributed by atoms with Crippen LogP contribution in [0.15, 0.2) is 30.0 Å². The van der Waals surface area contributed by atoms with Crippen molar-refractivity contribution in [3.05, 3.63) is 41.1 Å². The van der Waals surface area contributed by atoms with Gasteiger partial charge in [-0.25, -0.2) is 8.42 Å². The van der Waals surface area contributed by atoms with Crippen LogP contribution in [0.4, 0.5) is 5.69 Å². The Bertz CT molecular complexity index is 946. The number of nitrogens with one attached hydrogen (secondary N) is 1. The molecule has 1 amide bonds. The number of carbonyl (C=O) groups excluding carboxylic acids is 1. The first-order valence-corrected chi connectivity index (χ1v) is 12.0. The maximum atomic E-state index is 12.9. The largest absolute Gasteiger partial charge is 0.371 e. The lowest BCUT2D eigenvalue weighted by Gasteiger charge is -2.28.